The molecule has 0 amide bonds. The van der Waals surface area contributed by atoms with Gasteiger partial charge in [-0.25, -0.2) is 0 Å². The maximum absolute atomic E-state index is 9.38. The molecule has 1 rings (SSSR count). The Bertz CT molecular complexity index is 341. The molecule has 0 bridgehead atoms. The fourth-order valence-electron chi connectivity index (χ4n) is 1.25. The van der Waals surface area contributed by atoms with Crippen molar-refractivity contribution in [2.45, 2.75) is 19.4 Å². The Morgan fingerprint density at radius 3 is 2.92 bits per heavy atom. The van der Waals surface area contributed by atoms with Gasteiger partial charge >= 0.3 is 0 Å². The molecule has 0 heterocycles. The number of nitriles is 1. The third kappa shape index (κ3) is 1.98. The second-order valence-corrected chi connectivity index (χ2v) is 2.96. The molecule has 68 valence electrons. The lowest BCUT2D eigenvalue weighted by Gasteiger charge is -2.11. The molecule has 3 N–H and O–H groups in total. The number of rotatable bonds is 2. The van der Waals surface area contributed by atoms with E-state index in [1.165, 1.54) is 0 Å². The first-order valence-corrected chi connectivity index (χ1v) is 4.08. The van der Waals surface area contributed by atoms with Gasteiger partial charge in [0.15, 0.2) is 0 Å². The number of phenolic OH excluding ortho intramolecular Hbond substituents is 1. The second-order valence-electron chi connectivity index (χ2n) is 2.96. The molecule has 3 nitrogen and oxygen atoms in total. The van der Waals surface area contributed by atoms with Gasteiger partial charge in [0.1, 0.15) is 5.75 Å². The normalized spacial score (nSPS) is 12.1. The van der Waals surface area contributed by atoms with Gasteiger partial charge in [-0.3, -0.25) is 0 Å². The summed E-state index contributed by atoms with van der Waals surface area (Å²) in [5, 5.41) is 17.8. The van der Waals surface area contributed by atoms with Crippen LogP contribution in [0.25, 0.3) is 0 Å². The molecule has 0 unspecified atom stereocenters. The molecule has 0 aliphatic heterocycles. The number of benzene rings is 1. The van der Waals surface area contributed by atoms with Crippen molar-refractivity contribution in [3.63, 3.8) is 0 Å². The van der Waals surface area contributed by atoms with E-state index < -0.39 is 0 Å². The monoisotopic (exact) mass is 176 g/mol. The highest BCUT2D eigenvalue weighted by Gasteiger charge is 2.09. The van der Waals surface area contributed by atoms with Crippen LogP contribution < -0.4 is 5.73 Å². The molecule has 0 spiro atoms. The van der Waals surface area contributed by atoms with Crippen LogP contribution in [-0.4, -0.2) is 5.11 Å². The van der Waals surface area contributed by atoms with Crippen LogP contribution in [0.4, 0.5) is 0 Å². The summed E-state index contributed by atoms with van der Waals surface area (Å²) in [5.74, 6) is 0.228. The molecule has 0 aliphatic rings. The zero-order chi connectivity index (χ0) is 9.84. The van der Waals surface area contributed by atoms with Gasteiger partial charge < -0.3 is 10.8 Å². The van der Waals surface area contributed by atoms with Crippen LogP contribution in [0, 0.1) is 18.3 Å². The molecule has 0 fully saturated rings. The molecular weight excluding hydrogens is 164 g/mol. The number of hydrogen-bond acceptors (Lipinski definition) is 3. The van der Waals surface area contributed by atoms with Gasteiger partial charge in [-0.2, -0.15) is 5.26 Å². The van der Waals surface area contributed by atoms with Crippen LogP contribution >= 0.6 is 0 Å². The van der Waals surface area contributed by atoms with Crippen LogP contribution in [0.5, 0.6) is 5.75 Å². The van der Waals surface area contributed by atoms with Crippen molar-refractivity contribution < 1.29 is 5.11 Å². The molecular formula is C10H12N2O. The molecule has 0 radical (unpaired) electrons. The van der Waals surface area contributed by atoms with E-state index in [9.17, 15) is 5.11 Å². The van der Waals surface area contributed by atoms with Crippen molar-refractivity contribution in [1.82, 2.24) is 0 Å². The lowest BCUT2D eigenvalue weighted by Crippen LogP contribution is -2.10. The Balaban J connectivity index is 3.02. The molecule has 1 aromatic rings. The van der Waals surface area contributed by atoms with Gasteiger partial charge in [-0.1, -0.05) is 12.1 Å². The van der Waals surface area contributed by atoms with Crippen molar-refractivity contribution in [3.8, 4) is 11.8 Å². The Kier molecular flexibility index (Phi) is 2.88. The zero-order valence-corrected chi connectivity index (χ0v) is 7.49. The van der Waals surface area contributed by atoms with Crippen molar-refractivity contribution in [1.29, 1.82) is 5.26 Å². The Morgan fingerprint density at radius 1 is 1.62 bits per heavy atom. The van der Waals surface area contributed by atoms with Crippen molar-refractivity contribution >= 4 is 0 Å². The summed E-state index contributed by atoms with van der Waals surface area (Å²) < 4.78 is 0. The summed E-state index contributed by atoms with van der Waals surface area (Å²) in [6, 6.07) is 6.87. The van der Waals surface area contributed by atoms with Gasteiger partial charge in [-0.05, 0) is 24.1 Å². The summed E-state index contributed by atoms with van der Waals surface area (Å²) in [7, 11) is 0. The lowest BCUT2D eigenvalue weighted by atomic mass is 9.99. The van der Waals surface area contributed by atoms with Gasteiger partial charge in [0, 0.05) is 6.04 Å². The first kappa shape index (κ1) is 9.56. The smallest absolute Gasteiger partial charge is 0.118 e. The average molecular weight is 176 g/mol. The summed E-state index contributed by atoms with van der Waals surface area (Å²) in [6.45, 7) is 1.79. The third-order valence-electron chi connectivity index (χ3n) is 2.06. The molecule has 13 heavy (non-hydrogen) atoms. The summed E-state index contributed by atoms with van der Waals surface area (Å²) in [5.41, 5.74) is 7.33. The van der Waals surface area contributed by atoms with Crippen LogP contribution in [0.2, 0.25) is 0 Å². The van der Waals surface area contributed by atoms with E-state index >= 15 is 0 Å². The maximum atomic E-state index is 9.38. The van der Waals surface area contributed by atoms with Crippen LogP contribution in [-0.2, 0) is 0 Å². The maximum Gasteiger partial charge on any atom is 0.118 e. The van der Waals surface area contributed by atoms with Gasteiger partial charge in [0.2, 0.25) is 0 Å². The van der Waals surface area contributed by atoms with E-state index in [-0.39, 0.29) is 18.2 Å². The minimum absolute atomic E-state index is 0.228. The van der Waals surface area contributed by atoms with Crippen molar-refractivity contribution in [2.24, 2.45) is 5.73 Å². The third-order valence-corrected chi connectivity index (χ3v) is 2.06. The van der Waals surface area contributed by atoms with Crippen LogP contribution in [0.15, 0.2) is 18.2 Å². The summed E-state index contributed by atoms with van der Waals surface area (Å²) in [4.78, 5) is 0. The molecule has 1 aromatic carbocycles. The number of nitrogens with two attached hydrogens (primary N) is 1. The molecule has 3 heteroatoms. The van der Waals surface area contributed by atoms with Crippen LogP contribution in [0.3, 0.4) is 0 Å². The Morgan fingerprint density at radius 2 is 2.31 bits per heavy atom. The van der Waals surface area contributed by atoms with Crippen LogP contribution in [0.1, 0.15) is 23.6 Å². The predicted molar refractivity (Wildman–Crippen MR) is 50.0 cm³/mol. The number of hydrogen-bond donors (Lipinski definition) is 2. The van der Waals surface area contributed by atoms with E-state index in [1.807, 2.05) is 12.1 Å². The van der Waals surface area contributed by atoms with E-state index in [1.54, 1.807) is 19.1 Å². The predicted octanol–water partition coefficient (Wildman–Crippen LogP) is 1.61. The lowest BCUT2D eigenvalue weighted by molar-refractivity contribution is 0.469. The van der Waals surface area contributed by atoms with Gasteiger partial charge in [0.25, 0.3) is 0 Å². The number of nitrogens with zero attached hydrogens (tertiary/aromatic N) is 1. The first-order valence-electron chi connectivity index (χ1n) is 4.08. The molecule has 0 aliphatic carbocycles. The average Bonchev–Trinajstić information content (AvgIpc) is 2.10. The summed E-state index contributed by atoms with van der Waals surface area (Å²) >= 11 is 0. The quantitative estimate of drug-likeness (QED) is 0.719. The van der Waals surface area contributed by atoms with E-state index in [4.69, 9.17) is 11.0 Å². The largest absolute Gasteiger partial charge is 0.508 e. The fourth-order valence-corrected chi connectivity index (χ4v) is 1.25. The molecule has 0 saturated carbocycles. The van der Waals surface area contributed by atoms with Gasteiger partial charge in [0.05, 0.1) is 12.5 Å². The topological polar surface area (TPSA) is 70.0 Å². The second kappa shape index (κ2) is 3.92. The SMILES string of the molecule is Cc1c(O)cccc1[C@H](N)CC#N. The fraction of sp³-hybridized carbons (Fsp3) is 0.300. The Hall–Kier alpha value is -1.53. The number of phenols is 1. The highest BCUT2D eigenvalue weighted by atomic mass is 16.3. The minimum atomic E-state index is -0.308. The van der Waals surface area contributed by atoms with E-state index in [2.05, 4.69) is 0 Å². The molecule has 0 saturated heterocycles. The molecule has 1 atom stereocenters. The highest BCUT2D eigenvalue weighted by Crippen LogP contribution is 2.24. The van der Waals surface area contributed by atoms with Crippen molar-refractivity contribution in [3.05, 3.63) is 29.3 Å². The first-order chi connectivity index (χ1) is 6.16. The molecule has 0 aromatic heterocycles. The highest BCUT2D eigenvalue weighted by molar-refractivity contribution is 5.39. The standard InChI is InChI=1S/C10H12N2O/c1-7-8(9(12)5-6-11)3-2-4-10(7)13/h2-4,9,13H,5,12H2,1H3/t9-/m1/s1. The summed E-state index contributed by atoms with van der Waals surface area (Å²) in [6.07, 6.45) is 0.268. The van der Waals surface area contributed by atoms with E-state index in [0.717, 1.165) is 11.1 Å². The Labute approximate surface area is 77.4 Å². The van der Waals surface area contributed by atoms with E-state index in [0.29, 0.717) is 0 Å². The zero-order valence-electron chi connectivity index (χ0n) is 7.49. The van der Waals surface area contributed by atoms with Gasteiger partial charge in [-0.15, -0.1) is 0 Å². The number of aromatic hydroxyl groups is 1. The minimum Gasteiger partial charge on any atom is -0.508 e. The van der Waals surface area contributed by atoms with Crippen molar-refractivity contribution in [2.75, 3.05) is 0 Å².